The lowest BCUT2D eigenvalue weighted by Gasteiger charge is -2.25. The van der Waals surface area contributed by atoms with Gasteiger partial charge >= 0.3 is 11.9 Å². The second kappa shape index (κ2) is 13.8. The number of esters is 2. The predicted molar refractivity (Wildman–Crippen MR) is 131 cm³/mol. The highest BCUT2D eigenvalue weighted by atomic mass is 16.6. The smallest absolute Gasteiger partial charge is 0.338 e. The average Bonchev–Trinajstić information content (AvgIpc) is 3.17. The average molecular weight is 483 g/mol. The zero-order valence-corrected chi connectivity index (χ0v) is 20.1. The highest BCUT2D eigenvalue weighted by Crippen LogP contribution is 2.30. The molecule has 1 heterocycles. The molecule has 0 spiro atoms. The highest BCUT2D eigenvalue weighted by molar-refractivity contribution is 5.90. The van der Waals surface area contributed by atoms with Crippen LogP contribution in [0.4, 0.5) is 0 Å². The third-order valence-corrected chi connectivity index (χ3v) is 5.83. The van der Waals surface area contributed by atoms with Gasteiger partial charge in [0.25, 0.3) is 0 Å². The van der Waals surface area contributed by atoms with Crippen molar-refractivity contribution in [3.63, 3.8) is 0 Å². The van der Waals surface area contributed by atoms with Crippen molar-refractivity contribution < 1.29 is 33.6 Å². The lowest BCUT2D eigenvalue weighted by atomic mass is 10.0. The van der Waals surface area contributed by atoms with Gasteiger partial charge in [-0.05, 0) is 37.1 Å². The zero-order valence-electron chi connectivity index (χ0n) is 20.1. The SMILES string of the molecule is C=CC[C@@H]1O[C@H](C[C@@H](COC(=O)c2ccccc2)OC(=O)c2ccccc2)[C@H](OCCCC)C1O. The van der Waals surface area contributed by atoms with Gasteiger partial charge < -0.3 is 24.1 Å². The molecule has 0 radical (unpaired) electrons. The zero-order chi connectivity index (χ0) is 25.0. The van der Waals surface area contributed by atoms with Crippen LogP contribution in [0.5, 0.6) is 0 Å². The number of ether oxygens (including phenoxy) is 4. The normalized spacial score (nSPS) is 22.3. The number of unbranched alkanes of at least 4 members (excludes halogenated alkanes) is 1. The van der Waals surface area contributed by atoms with Gasteiger partial charge in [-0.25, -0.2) is 9.59 Å². The minimum atomic E-state index is -0.841. The Morgan fingerprint density at radius 1 is 1.03 bits per heavy atom. The standard InChI is InChI=1S/C28H34O7/c1-3-5-17-32-26-24(35-23(12-4-2)25(26)29)18-22(34-28(31)21-15-10-7-11-16-21)19-33-27(30)20-13-8-6-9-14-20/h4,6-11,13-16,22-26,29H,2-3,5,12,17-19H2,1H3/t22-,23-,24+,25?,26-/m0/s1. The summed E-state index contributed by atoms with van der Waals surface area (Å²) in [5.74, 6) is -1.05. The van der Waals surface area contributed by atoms with E-state index < -0.39 is 42.5 Å². The van der Waals surface area contributed by atoms with E-state index in [4.69, 9.17) is 18.9 Å². The molecule has 3 rings (SSSR count). The monoisotopic (exact) mass is 482 g/mol. The fourth-order valence-electron chi connectivity index (χ4n) is 3.96. The van der Waals surface area contributed by atoms with Gasteiger partial charge in [-0.3, -0.25) is 0 Å². The van der Waals surface area contributed by atoms with Crippen molar-refractivity contribution in [3.05, 3.63) is 84.4 Å². The van der Waals surface area contributed by atoms with Gasteiger partial charge in [-0.2, -0.15) is 0 Å². The summed E-state index contributed by atoms with van der Waals surface area (Å²) < 4.78 is 23.3. The van der Waals surface area contributed by atoms with Gasteiger partial charge in [0, 0.05) is 13.0 Å². The molecule has 35 heavy (non-hydrogen) atoms. The maximum atomic E-state index is 12.8. The van der Waals surface area contributed by atoms with Crippen molar-refractivity contribution in [1.29, 1.82) is 0 Å². The Bertz CT molecular complexity index is 931. The lowest BCUT2D eigenvalue weighted by Crippen LogP contribution is -2.38. The van der Waals surface area contributed by atoms with Gasteiger partial charge in [-0.15, -0.1) is 6.58 Å². The Hall–Kier alpha value is -3.00. The van der Waals surface area contributed by atoms with Crippen molar-refractivity contribution in [1.82, 2.24) is 0 Å². The van der Waals surface area contributed by atoms with Crippen LogP contribution in [0.3, 0.4) is 0 Å². The molecule has 1 unspecified atom stereocenters. The first kappa shape index (κ1) is 26.6. The fraction of sp³-hybridized carbons (Fsp3) is 0.429. The lowest BCUT2D eigenvalue weighted by molar-refractivity contribution is -0.0644. The summed E-state index contributed by atoms with van der Waals surface area (Å²) in [6, 6.07) is 17.2. The Kier molecular flexibility index (Phi) is 10.5. The number of aliphatic hydroxyl groups is 1. The van der Waals surface area contributed by atoms with Gasteiger partial charge in [0.2, 0.25) is 0 Å². The van der Waals surface area contributed by atoms with Crippen LogP contribution in [0.15, 0.2) is 73.3 Å². The van der Waals surface area contributed by atoms with Crippen molar-refractivity contribution in [3.8, 4) is 0 Å². The van der Waals surface area contributed by atoms with Gasteiger partial charge in [-0.1, -0.05) is 55.8 Å². The summed E-state index contributed by atoms with van der Waals surface area (Å²) in [4.78, 5) is 25.3. The first-order chi connectivity index (χ1) is 17.0. The van der Waals surface area contributed by atoms with Crippen LogP contribution in [0.25, 0.3) is 0 Å². The van der Waals surface area contributed by atoms with E-state index in [-0.39, 0.29) is 13.0 Å². The number of benzene rings is 2. The molecule has 0 saturated carbocycles. The van der Waals surface area contributed by atoms with Crippen molar-refractivity contribution in [2.24, 2.45) is 0 Å². The van der Waals surface area contributed by atoms with E-state index in [2.05, 4.69) is 13.5 Å². The molecule has 1 saturated heterocycles. The molecule has 7 heteroatoms. The molecule has 0 aromatic heterocycles. The Morgan fingerprint density at radius 3 is 2.26 bits per heavy atom. The summed E-state index contributed by atoms with van der Waals surface area (Å²) in [7, 11) is 0. The van der Waals surface area contributed by atoms with Crippen LogP contribution >= 0.6 is 0 Å². The van der Waals surface area contributed by atoms with E-state index in [9.17, 15) is 14.7 Å². The maximum Gasteiger partial charge on any atom is 0.338 e. The molecule has 0 amide bonds. The maximum absolute atomic E-state index is 12.8. The van der Waals surface area contributed by atoms with E-state index in [1.165, 1.54) is 0 Å². The summed E-state index contributed by atoms with van der Waals surface area (Å²) in [5, 5.41) is 10.8. The molecule has 2 aromatic carbocycles. The molecule has 1 fully saturated rings. The molecule has 0 bridgehead atoms. The molecule has 2 aromatic rings. The minimum Gasteiger partial charge on any atom is -0.458 e. The van der Waals surface area contributed by atoms with Crippen LogP contribution in [-0.2, 0) is 18.9 Å². The molecule has 188 valence electrons. The molecule has 7 nitrogen and oxygen atoms in total. The predicted octanol–water partition coefficient (Wildman–Crippen LogP) is 4.35. The van der Waals surface area contributed by atoms with Crippen molar-refractivity contribution >= 4 is 11.9 Å². The second-order valence-electron chi connectivity index (χ2n) is 8.51. The number of hydrogen-bond donors (Lipinski definition) is 1. The molecule has 1 N–H and O–H groups in total. The quantitative estimate of drug-likeness (QED) is 0.258. The second-order valence-corrected chi connectivity index (χ2v) is 8.51. The summed E-state index contributed by atoms with van der Waals surface area (Å²) >= 11 is 0. The molecular weight excluding hydrogens is 448 g/mol. The number of aliphatic hydroxyl groups excluding tert-OH is 1. The Morgan fingerprint density at radius 2 is 1.66 bits per heavy atom. The highest BCUT2D eigenvalue weighted by Gasteiger charge is 2.45. The van der Waals surface area contributed by atoms with Crippen LogP contribution in [-0.4, -0.2) is 60.8 Å². The minimum absolute atomic E-state index is 0.157. The first-order valence-electron chi connectivity index (χ1n) is 12.1. The molecule has 1 aliphatic heterocycles. The van der Waals surface area contributed by atoms with Gasteiger partial charge in [0.1, 0.15) is 24.9 Å². The van der Waals surface area contributed by atoms with Gasteiger partial charge in [0.05, 0.1) is 23.3 Å². The third-order valence-electron chi connectivity index (χ3n) is 5.83. The third kappa shape index (κ3) is 7.75. The van der Waals surface area contributed by atoms with Crippen LogP contribution in [0.2, 0.25) is 0 Å². The van der Waals surface area contributed by atoms with Crippen molar-refractivity contribution in [2.45, 2.75) is 63.1 Å². The van der Waals surface area contributed by atoms with E-state index >= 15 is 0 Å². The summed E-state index contributed by atoms with van der Waals surface area (Å²) in [6.07, 6.45) is 0.908. The van der Waals surface area contributed by atoms with E-state index in [1.807, 2.05) is 12.1 Å². The van der Waals surface area contributed by atoms with E-state index in [1.54, 1.807) is 54.6 Å². The topological polar surface area (TPSA) is 91.3 Å². The fourth-order valence-corrected chi connectivity index (χ4v) is 3.96. The molecule has 1 aliphatic rings. The van der Waals surface area contributed by atoms with Crippen molar-refractivity contribution in [2.75, 3.05) is 13.2 Å². The van der Waals surface area contributed by atoms with E-state index in [0.29, 0.717) is 24.2 Å². The first-order valence-corrected chi connectivity index (χ1v) is 12.1. The molecular formula is C28H34O7. The Labute approximate surface area is 206 Å². The van der Waals surface area contributed by atoms with Crippen LogP contribution in [0.1, 0.15) is 53.3 Å². The number of carbonyl (C=O) groups is 2. The molecule has 5 atom stereocenters. The number of carbonyl (C=O) groups excluding carboxylic acids is 2. The molecule has 0 aliphatic carbocycles. The van der Waals surface area contributed by atoms with E-state index in [0.717, 1.165) is 12.8 Å². The van der Waals surface area contributed by atoms with Gasteiger partial charge in [0.15, 0.2) is 0 Å². The summed E-state index contributed by atoms with van der Waals surface area (Å²) in [6.45, 7) is 6.12. The Balaban J connectivity index is 1.73. The number of hydrogen-bond acceptors (Lipinski definition) is 7. The summed E-state index contributed by atoms with van der Waals surface area (Å²) in [5.41, 5.74) is 0.791. The van der Waals surface area contributed by atoms with Crippen LogP contribution in [0, 0.1) is 0 Å². The largest absolute Gasteiger partial charge is 0.458 e. The van der Waals surface area contributed by atoms with Crippen LogP contribution < -0.4 is 0 Å². The number of rotatable bonds is 13.